The summed E-state index contributed by atoms with van der Waals surface area (Å²) in [4.78, 5) is 13.9. The molecule has 0 aliphatic carbocycles. The van der Waals surface area contributed by atoms with Gasteiger partial charge in [0.1, 0.15) is 12.4 Å². The van der Waals surface area contributed by atoms with Gasteiger partial charge in [0.2, 0.25) is 0 Å². The van der Waals surface area contributed by atoms with Gasteiger partial charge in [-0.25, -0.2) is 4.79 Å². The Labute approximate surface area is 132 Å². The number of aryl methyl sites for hydroxylation is 2. The van der Waals surface area contributed by atoms with Gasteiger partial charge in [0.15, 0.2) is 0 Å². The molecule has 1 saturated heterocycles. The molecule has 1 aromatic rings. The average Bonchev–Trinajstić information content (AvgIpc) is 2.53. The van der Waals surface area contributed by atoms with Gasteiger partial charge in [-0.05, 0) is 43.7 Å². The first kappa shape index (κ1) is 16.6. The molecular formula is C17H26N2O3. The Bertz CT molecular complexity index is 484. The highest BCUT2D eigenvalue weighted by molar-refractivity contribution is 5.74. The molecule has 2 amide bonds. The van der Waals surface area contributed by atoms with Crippen LogP contribution in [0.4, 0.5) is 4.79 Å². The van der Waals surface area contributed by atoms with Crippen LogP contribution in [0.25, 0.3) is 0 Å². The molecule has 1 heterocycles. The van der Waals surface area contributed by atoms with E-state index >= 15 is 0 Å². The predicted octanol–water partition coefficient (Wildman–Crippen LogP) is 2.10. The number of aliphatic hydroxyl groups excluding tert-OH is 1. The number of benzene rings is 1. The number of carbonyl (C=O) groups is 1. The Morgan fingerprint density at radius 1 is 1.41 bits per heavy atom. The van der Waals surface area contributed by atoms with Crippen LogP contribution in [0.5, 0.6) is 5.75 Å². The second-order valence-corrected chi connectivity index (χ2v) is 5.94. The summed E-state index contributed by atoms with van der Waals surface area (Å²) >= 11 is 0. The number of rotatable bonds is 5. The number of hydrogen-bond donors (Lipinski definition) is 2. The number of piperidine rings is 1. The number of para-hydroxylation sites is 1. The highest BCUT2D eigenvalue weighted by Crippen LogP contribution is 2.22. The van der Waals surface area contributed by atoms with Crippen LogP contribution in [0.3, 0.4) is 0 Å². The lowest BCUT2D eigenvalue weighted by molar-refractivity contribution is 0.129. The number of carbonyl (C=O) groups excluding carboxylic acids is 1. The summed E-state index contributed by atoms with van der Waals surface area (Å²) in [5.74, 6) is 1.11. The normalized spacial score (nSPS) is 18.1. The lowest BCUT2D eigenvalue weighted by Gasteiger charge is -2.31. The van der Waals surface area contributed by atoms with E-state index in [1.807, 2.05) is 32.0 Å². The van der Waals surface area contributed by atoms with Gasteiger partial charge in [0.05, 0.1) is 6.54 Å². The van der Waals surface area contributed by atoms with Gasteiger partial charge in [0, 0.05) is 19.7 Å². The van der Waals surface area contributed by atoms with Crippen molar-refractivity contribution in [3.63, 3.8) is 0 Å². The SMILES string of the molecule is Cc1cccc(C)c1OCCNC(=O)N1CCCC(CO)C1. The number of hydrogen-bond acceptors (Lipinski definition) is 3. The molecule has 122 valence electrons. The van der Waals surface area contributed by atoms with Crippen LogP contribution in [0.1, 0.15) is 24.0 Å². The van der Waals surface area contributed by atoms with Gasteiger partial charge in [-0.1, -0.05) is 18.2 Å². The standard InChI is InChI=1S/C17H26N2O3/c1-13-5-3-6-14(2)16(13)22-10-8-18-17(21)19-9-4-7-15(11-19)12-20/h3,5-6,15,20H,4,7-12H2,1-2H3,(H,18,21). The molecule has 22 heavy (non-hydrogen) atoms. The van der Waals surface area contributed by atoms with Gasteiger partial charge in [-0.2, -0.15) is 0 Å². The molecule has 0 saturated carbocycles. The monoisotopic (exact) mass is 306 g/mol. The molecule has 5 nitrogen and oxygen atoms in total. The van der Waals surface area contributed by atoms with Gasteiger partial charge in [-0.15, -0.1) is 0 Å². The van der Waals surface area contributed by atoms with E-state index in [0.717, 1.165) is 36.3 Å². The first-order valence-corrected chi connectivity index (χ1v) is 7.94. The fourth-order valence-electron chi connectivity index (χ4n) is 2.85. The van der Waals surface area contributed by atoms with E-state index in [0.29, 0.717) is 19.7 Å². The molecule has 1 aliphatic rings. The highest BCUT2D eigenvalue weighted by atomic mass is 16.5. The zero-order chi connectivity index (χ0) is 15.9. The number of nitrogens with zero attached hydrogens (tertiary/aromatic N) is 1. The summed E-state index contributed by atoms with van der Waals surface area (Å²) in [6.45, 7) is 6.52. The Balaban J connectivity index is 1.73. The summed E-state index contributed by atoms with van der Waals surface area (Å²) in [5.41, 5.74) is 2.21. The van der Waals surface area contributed by atoms with Crippen LogP contribution in [-0.2, 0) is 0 Å². The van der Waals surface area contributed by atoms with Gasteiger partial charge in [0.25, 0.3) is 0 Å². The number of urea groups is 1. The molecule has 0 bridgehead atoms. The van der Waals surface area contributed by atoms with Crippen molar-refractivity contribution in [1.82, 2.24) is 10.2 Å². The lowest BCUT2D eigenvalue weighted by atomic mass is 9.99. The molecular weight excluding hydrogens is 280 g/mol. The third-order valence-corrected chi connectivity index (χ3v) is 4.10. The molecule has 1 fully saturated rings. The molecule has 0 aromatic heterocycles. The lowest BCUT2D eigenvalue weighted by Crippen LogP contribution is -2.47. The summed E-state index contributed by atoms with van der Waals surface area (Å²) in [6, 6.07) is 5.98. The van der Waals surface area contributed by atoms with E-state index < -0.39 is 0 Å². The number of nitrogens with one attached hydrogen (secondary N) is 1. The minimum atomic E-state index is -0.0664. The van der Waals surface area contributed by atoms with E-state index in [-0.39, 0.29) is 18.6 Å². The van der Waals surface area contributed by atoms with Crippen molar-refractivity contribution in [3.05, 3.63) is 29.3 Å². The number of aliphatic hydroxyl groups is 1. The van der Waals surface area contributed by atoms with Crippen molar-refractivity contribution < 1.29 is 14.6 Å². The largest absolute Gasteiger partial charge is 0.491 e. The van der Waals surface area contributed by atoms with Gasteiger partial charge >= 0.3 is 6.03 Å². The van der Waals surface area contributed by atoms with Crippen LogP contribution in [0, 0.1) is 19.8 Å². The van der Waals surface area contributed by atoms with Crippen LogP contribution in [0.15, 0.2) is 18.2 Å². The zero-order valence-corrected chi connectivity index (χ0v) is 13.5. The third-order valence-electron chi connectivity index (χ3n) is 4.10. The molecule has 1 atom stereocenters. The topological polar surface area (TPSA) is 61.8 Å². The van der Waals surface area contributed by atoms with Crippen molar-refractivity contribution in [3.8, 4) is 5.75 Å². The molecule has 5 heteroatoms. The Morgan fingerprint density at radius 2 is 2.14 bits per heavy atom. The van der Waals surface area contributed by atoms with E-state index in [2.05, 4.69) is 5.32 Å². The molecule has 2 N–H and O–H groups in total. The molecule has 1 unspecified atom stereocenters. The van der Waals surface area contributed by atoms with E-state index in [1.54, 1.807) is 4.90 Å². The maximum atomic E-state index is 12.1. The predicted molar refractivity (Wildman–Crippen MR) is 86.2 cm³/mol. The summed E-state index contributed by atoms with van der Waals surface area (Å²) in [6.07, 6.45) is 1.95. The molecule has 1 aromatic carbocycles. The minimum absolute atomic E-state index is 0.0664. The maximum absolute atomic E-state index is 12.1. The molecule has 0 radical (unpaired) electrons. The van der Waals surface area contributed by atoms with Gasteiger partial charge < -0.3 is 20.1 Å². The number of ether oxygens (including phenoxy) is 1. The Morgan fingerprint density at radius 3 is 2.82 bits per heavy atom. The quantitative estimate of drug-likeness (QED) is 0.819. The van der Waals surface area contributed by atoms with E-state index in [1.165, 1.54) is 0 Å². The number of amides is 2. The molecule has 2 rings (SSSR count). The second-order valence-electron chi connectivity index (χ2n) is 5.94. The van der Waals surface area contributed by atoms with Crippen molar-refractivity contribution in [2.45, 2.75) is 26.7 Å². The highest BCUT2D eigenvalue weighted by Gasteiger charge is 2.22. The minimum Gasteiger partial charge on any atom is -0.491 e. The average molecular weight is 306 g/mol. The maximum Gasteiger partial charge on any atom is 0.317 e. The van der Waals surface area contributed by atoms with Crippen molar-refractivity contribution in [2.75, 3.05) is 32.8 Å². The Hall–Kier alpha value is -1.75. The van der Waals surface area contributed by atoms with Gasteiger partial charge in [-0.3, -0.25) is 0 Å². The van der Waals surface area contributed by atoms with Crippen LogP contribution in [-0.4, -0.2) is 48.9 Å². The fraction of sp³-hybridized carbons (Fsp3) is 0.588. The zero-order valence-electron chi connectivity index (χ0n) is 13.5. The third kappa shape index (κ3) is 4.37. The smallest absolute Gasteiger partial charge is 0.317 e. The van der Waals surface area contributed by atoms with Crippen LogP contribution < -0.4 is 10.1 Å². The summed E-state index contributed by atoms with van der Waals surface area (Å²) in [5, 5.41) is 12.1. The first-order valence-electron chi connectivity index (χ1n) is 7.94. The van der Waals surface area contributed by atoms with Crippen molar-refractivity contribution >= 4 is 6.03 Å². The van der Waals surface area contributed by atoms with Crippen LogP contribution in [0.2, 0.25) is 0 Å². The van der Waals surface area contributed by atoms with Crippen molar-refractivity contribution in [2.24, 2.45) is 5.92 Å². The Kier molecular flexibility index (Phi) is 6.07. The number of likely N-dealkylation sites (tertiary alicyclic amines) is 1. The summed E-state index contributed by atoms with van der Waals surface area (Å²) in [7, 11) is 0. The molecule has 0 spiro atoms. The van der Waals surface area contributed by atoms with E-state index in [4.69, 9.17) is 4.74 Å². The van der Waals surface area contributed by atoms with Crippen molar-refractivity contribution in [1.29, 1.82) is 0 Å². The second kappa shape index (κ2) is 8.03. The molecule has 1 aliphatic heterocycles. The summed E-state index contributed by atoms with van der Waals surface area (Å²) < 4.78 is 5.77. The van der Waals surface area contributed by atoms with Crippen LogP contribution >= 0.6 is 0 Å². The fourth-order valence-corrected chi connectivity index (χ4v) is 2.85. The first-order chi connectivity index (χ1) is 10.6. The van der Waals surface area contributed by atoms with E-state index in [9.17, 15) is 9.90 Å².